The zero-order valence-corrected chi connectivity index (χ0v) is 14.7. The van der Waals surface area contributed by atoms with E-state index in [1.54, 1.807) is 0 Å². The Morgan fingerprint density at radius 1 is 1.24 bits per heavy atom. The summed E-state index contributed by atoms with van der Waals surface area (Å²) in [6.45, 7) is 17.4. The van der Waals surface area contributed by atoms with Crippen molar-refractivity contribution in [3.63, 3.8) is 0 Å². The second kappa shape index (κ2) is 7.43. The largest absolute Gasteiger partial charge is 0.381 e. The average molecular weight is 296 g/mol. The summed E-state index contributed by atoms with van der Waals surface area (Å²) in [5.74, 6) is 0.891. The van der Waals surface area contributed by atoms with Crippen molar-refractivity contribution in [3.05, 3.63) is 0 Å². The fourth-order valence-corrected chi connectivity index (χ4v) is 3.93. The molecular formula is C18H36N2O. The van der Waals surface area contributed by atoms with Crippen LogP contribution in [0.25, 0.3) is 0 Å². The third-order valence-electron chi connectivity index (χ3n) is 5.48. The lowest BCUT2D eigenvalue weighted by Crippen LogP contribution is -2.48. The normalized spacial score (nSPS) is 29.1. The number of nitrogens with zero attached hydrogens (tertiary/aromatic N) is 1. The van der Waals surface area contributed by atoms with Gasteiger partial charge in [0.25, 0.3) is 0 Å². The van der Waals surface area contributed by atoms with E-state index in [2.05, 4.69) is 37.9 Å². The number of piperidine rings is 1. The second-order valence-corrected chi connectivity index (χ2v) is 8.40. The Morgan fingerprint density at radius 3 is 2.48 bits per heavy atom. The molecule has 2 saturated heterocycles. The van der Waals surface area contributed by atoms with Gasteiger partial charge in [0.1, 0.15) is 0 Å². The maximum Gasteiger partial charge on any atom is 0.0547 e. The Labute approximate surface area is 131 Å². The number of rotatable bonds is 6. The Balaban J connectivity index is 1.82. The van der Waals surface area contributed by atoms with Gasteiger partial charge in [-0.25, -0.2) is 0 Å². The van der Waals surface area contributed by atoms with Crippen LogP contribution in [0.3, 0.4) is 0 Å². The van der Waals surface area contributed by atoms with Gasteiger partial charge in [-0.15, -0.1) is 0 Å². The average Bonchev–Trinajstić information content (AvgIpc) is 2.87. The molecule has 0 aliphatic carbocycles. The van der Waals surface area contributed by atoms with Crippen molar-refractivity contribution in [2.75, 3.05) is 45.9 Å². The van der Waals surface area contributed by atoms with Crippen molar-refractivity contribution in [3.8, 4) is 0 Å². The van der Waals surface area contributed by atoms with E-state index >= 15 is 0 Å². The van der Waals surface area contributed by atoms with E-state index < -0.39 is 0 Å². The van der Waals surface area contributed by atoms with Crippen LogP contribution in [0.5, 0.6) is 0 Å². The first-order chi connectivity index (χ1) is 9.95. The highest BCUT2D eigenvalue weighted by Crippen LogP contribution is 2.36. The molecule has 1 atom stereocenters. The third kappa shape index (κ3) is 4.94. The summed E-state index contributed by atoms with van der Waals surface area (Å²) in [5.41, 5.74) is 0.840. The molecule has 2 aliphatic heterocycles. The smallest absolute Gasteiger partial charge is 0.0547 e. The fraction of sp³-hybridized carbons (Fsp3) is 1.00. The van der Waals surface area contributed by atoms with Gasteiger partial charge in [0.15, 0.2) is 0 Å². The van der Waals surface area contributed by atoms with Crippen LogP contribution in [0.15, 0.2) is 0 Å². The predicted molar refractivity (Wildman–Crippen MR) is 89.6 cm³/mol. The van der Waals surface area contributed by atoms with Gasteiger partial charge in [-0.3, -0.25) is 0 Å². The van der Waals surface area contributed by atoms with Gasteiger partial charge < -0.3 is 15.0 Å². The molecule has 0 amide bonds. The first-order valence-electron chi connectivity index (χ1n) is 8.96. The highest BCUT2D eigenvalue weighted by Gasteiger charge is 2.38. The summed E-state index contributed by atoms with van der Waals surface area (Å²) in [7, 11) is 0. The summed E-state index contributed by atoms with van der Waals surface area (Å²) in [6, 6.07) is 0. The lowest BCUT2D eigenvalue weighted by molar-refractivity contribution is 0.0641. The second-order valence-electron chi connectivity index (χ2n) is 8.40. The van der Waals surface area contributed by atoms with Crippen molar-refractivity contribution >= 4 is 0 Å². The lowest BCUT2D eigenvalue weighted by Gasteiger charge is -2.42. The fourth-order valence-electron chi connectivity index (χ4n) is 3.93. The number of ether oxygens (including phenoxy) is 1. The Bertz CT molecular complexity index is 297. The van der Waals surface area contributed by atoms with Crippen LogP contribution in [0, 0.1) is 16.7 Å². The maximum absolute atomic E-state index is 5.74. The van der Waals surface area contributed by atoms with Crippen LogP contribution >= 0.6 is 0 Å². The number of likely N-dealkylation sites (tertiary alicyclic amines) is 1. The van der Waals surface area contributed by atoms with Crippen molar-refractivity contribution < 1.29 is 4.74 Å². The zero-order valence-electron chi connectivity index (χ0n) is 14.7. The number of hydrogen-bond acceptors (Lipinski definition) is 3. The van der Waals surface area contributed by atoms with Gasteiger partial charge in [-0.05, 0) is 56.7 Å². The Kier molecular flexibility index (Phi) is 6.10. The molecule has 1 unspecified atom stereocenters. The van der Waals surface area contributed by atoms with Gasteiger partial charge >= 0.3 is 0 Å². The van der Waals surface area contributed by atoms with Gasteiger partial charge in [0.05, 0.1) is 6.61 Å². The molecule has 0 radical (unpaired) electrons. The van der Waals surface area contributed by atoms with Crippen LogP contribution in [0.1, 0.15) is 53.4 Å². The third-order valence-corrected chi connectivity index (χ3v) is 5.48. The molecule has 3 heteroatoms. The summed E-state index contributed by atoms with van der Waals surface area (Å²) >= 11 is 0. The summed E-state index contributed by atoms with van der Waals surface area (Å²) in [6.07, 6.45) is 5.17. The van der Waals surface area contributed by atoms with E-state index in [1.807, 2.05) is 0 Å². The minimum absolute atomic E-state index is 0.365. The molecule has 2 rings (SSSR count). The molecule has 2 aliphatic rings. The lowest BCUT2D eigenvalue weighted by atomic mass is 9.75. The topological polar surface area (TPSA) is 24.5 Å². The molecule has 124 valence electrons. The van der Waals surface area contributed by atoms with Crippen molar-refractivity contribution in [2.24, 2.45) is 16.7 Å². The van der Waals surface area contributed by atoms with Crippen LogP contribution in [0.2, 0.25) is 0 Å². The zero-order chi connectivity index (χ0) is 15.3. The Morgan fingerprint density at radius 2 is 1.95 bits per heavy atom. The van der Waals surface area contributed by atoms with Gasteiger partial charge in [0, 0.05) is 25.1 Å². The maximum atomic E-state index is 5.74. The molecular weight excluding hydrogens is 260 g/mol. The van der Waals surface area contributed by atoms with E-state index in [0.29, 0.717) is 10.8 Å². The molecule has 0 bridgehead atoms. The van der Waals surface area contributed by atoms with E-state index in [0.717, 1.165) is 32.2 Å². The van der Waals surface area contributed by atoms with Crippen molar-refractivity contribution in [1.29, 1.82) is 0 Å². The first kappa shape index (κ1) is 17.2. The van der Waals surface area contributed by atoms with Crippen molar-refractivity contribution in [2.45, 2.75) is 53.4 Å². The molecule has 3 nitrogen and oxygen atoms in total. The molecule has 2 heterocycles. The van der Waals surface area contributed by atoms with E-state index in [4.69, 9.17) is 4.74 Å². The van der Waals surface area contributed by atoms with E-state index in [9.17, 15) is 0 Å². The van der Waals surface area contributed by atoms with E-state index in [-0.39, 0.29) is 0 Å². The standard InChI is InChI=1S/C18H36N2O/c1-5-9-19-13-18(8-12-21-15-18)14-20-10-6-16(7-11-20)17(2,3)4/h16,19H,5-15H2,1-4H3. The van der Waals surface area contributed by atoms with Crippen molar-refractivity contribution in [1.82, 2.24) is 10.2 Å². The SMILES string of the molecule is CCCNCC1(CN2CCC(C(C)(C)C)CC2)CCOC1. The van der Waals surface area contributed by atoms with Crippen LogP contribution < -0.4 is 5.32 Å². The molecule has 21 heavy (non-hydrogen) atoms. The minimum atomic E-state index is 0.365. The predicted octanol–water partition coefficient (Wildman–Crippen LogP) is 3.15. The van der Waals surface area contributed by atoms with Gasteiger partial charge in [-0.1, -0.05) is 27.7 Å². The monoisotopic (exact) mass is 296 g/mol. The van der Waals surface area contributed by atoms with Gasteiger partial charge in [-0.2, -0.15) is 0 Å². The van der Waals surface area contributed by atoms with E-state index in [1.165, 1.54) is 45.3 Å². The van der Waals surface area contributed by atoms with Crippen LogP contribution in [0.4, 0.5) is 0 Å². The summed E-state index contributed by atoms with van der Waals surface area (Å²) < 4.78 is 5.74. The Hall–Kier alpha value is -0.120. The molecule has 1 N–H and O–H groups in total. The molecule has 2 fully saturated rings. The first-order valence-corrected chi connectivity index (χ1v) is 8.96. The highest BCUT2D eigenvalue weighted by molar-refractivity contribution is 4.90. The summed E-state index contributed by atoms with van der Waals surface area (Å²) in [4.78, 5) is 2.70. The molecule has 0 aromatic carbocycles. The molecule has 0 aromatic rings. The molecule has 0 saturated carbocycles. The molecule has 0 spiro atoms. The van der Waals surface area contributed by atoms with Gasteiger partial charge in [0.2, 0.25) is 0 Å². The highest BCUT2D eigenvalue weighted by atomic mass is 16.5. The molecule has 0 aromatic heterocycles. The summed E-state index contributed by atoms with van der Waals surface area (Å²) in [5, 5.41) is 3.63. The number of hydrogen-bond donors (Lipinski definition) is 1. The number of nitrogens with one attached hydrogen (secondary N) is 1. The van der Waals surface area contributed by atoms with Crippen LogP contribution in [-0.4, -0.2) is 50.8 Å². The van der Waals surface area contributed by atoms with Crippen LogP contribution in [-0.2, 0) is 4.74 Å². The quantitative estimate of drug-likeness (QED) is 0.762. The minimum Gasteiger partial charge on any atom is -0.381 e.